The van der Waals surface area contributed by atoms with Crippen molar-refractivity contribution in [1.82, 2.24) is 15.1 Å². The molecule has 0 aliphatic carbocycles. The van der Waals surface area contributed by atoms with Gasteiger partial charge in [-0.05, 0) is 25.1 Å². The van der Waals surface area contributed by atoms with Crippen molar-refractivity contribution in [3.05, 3.63) is 35.9 Å². The maximum absolute atomic E-state index is 12.0. The van der Waals surface area contributed by atoms with Crippen LogP contribution in [0.5, 0.6) is 0 Å². The highest BCUT2D eigenvalue weighted by Crippen LogP contribution is 2.03. The molecule has 1 heterocycles. The first-order valence-corrected chi connectivity index (χ1v) is 7.64. The molecule has 0 unspecified atom stereocenters. The van der Waals surface area contributed by atoms with E-state index in [1.54, 1.807) is 0 Å². The summed E-state index contributed by atoms with van der Waals surface area (Å²) in [4.78, 5) is 16.4. The predicted molar refractivity (Wildman–Crippen MR) is 82.9 cm³/mol. The fourth-order valence-electron chi connectivity index (χ4n) is 2.60. The zero-order valence-corrected chi connectivity index (χ0v) is 12.5. The molecule has 5 nitrogen and oxygen atoms in total. The third kappa shape index (κ3) is 5.83. The molecule has 1 aromatic rings. The van der Waals surface area contributed by atoms with Gasteiger partial charge in [-0.15, -0.1) is 0 Å². The number of β-amino-alcohol motifs (C(OH)–C–C–N with tert-alkyl or cyclic N) is 1. The van der Waals surface area contributed by atoms with E-state index in [1.807, 2.05) is 30.3 Å². The van der Waals surface area contributed by atoms with Crippen LogP contribution in [0.1, 0.15) is 12.0 Å². The van der Waals surface area contributed by atoms with Crippen LogP contribution in [-0.2, 0) is 11.3 Å². The Morgan fingerprint density at radius 1 is 1.10 bits per heavy atom. The van der Waals surface area contributed by atoms with Crippen molar-refractivity contribution in [3.63, 3.8) is 0 Å². The lowest BCUT2D eigenvalue weighted by Gasteiger charge is -2.20. The fraction of sp³-hybridized carbons (Fsp3) is 0.562. The van der Waals surface area contributed by atoms with E-state index in [9.17, 15) is 4.79 Å². The molecule has 116 valence electrons. The highest BCUT2D eigenvalue weighted by Gasteiger charge is 2.16. The van der Waals surface area contributed by atoms with E-state index in [2.05, 4.69) is 15.1 Å². The van der Waals surface area contributed by atoms with Gasteiger partial charge >= 0.3 is 0 Å². The lowest BCUT2D eigenvalue weighted by molar-refractivity contribution is -0.122. The van der Waals surface area contributed by atoms with E-state index < -0.39 is 0 Å². The molecule has 0 saturated carbocycles. The average molecular weight is 291 g/mol. The number of amides is 1. The molecule has 1 aliphatic rings. The summed E-state index contributed by atoms with van der Waals surface area (Å²) in [5, 5.41) is 11.9. The quantitative estimate of drug-likeness (QED) is 0.792. The molecule has 5 heteroatoms. The molecule has 0 spiro atoms. The zero-order valence-electron chi connectivity index (χ0n) is 12.5. The van der Waals surface area contributed by atoms with E-state index in [0.717, 1.165) is 44.7 Å². The molecule has 1 fully saturated rings. The summed E-state index contributed by atoms with van der Waals surface area (Å²) in [6, 6.07) is 9.96. The van der Waals surface area contributed by atoms with E-state index in [1.165, 1.54) is 0 Å². The zero-order chi connectivity index (χ0) is 14.9. The van der Waals surface area contributed by atoms with Crippen molar-refractivity contribution in [3.8, 4) is 0 Å². The van der Waals surface area contributed by atoms with E-state index in [-0.39, 0.29) is 12.5 Å². The second-order valence-electron chi connectivity index (χ2n) is 5.46. The number of carbonyl (C=O) groups excluding carboxylic acids is 1. The van der Waals surface area contributed by atoms with Gasteiger partial charge in [0.25, 0.3) is 0 Å². The smallest absolute Gasteiger partial charge is 0.234 e. The Kier molecular flexibility index (Phi) is 6.66. The largest absolute Gasteiger partial charge is 0.395 e. The SMILES string of the molecule is O=C(CN1CCCN(CCO)CC1)NCc1ccccc1. The van der Waals surface area contributed by atoms with E-state index in [4.69, 9.17) is 5.11 Å². The normalized spacial score (nSPS) is 17.4. The van der Waals surface area contributed by atoms with Crippen molar-refractivity contribution in [2.75, 3.05) is 45.9 Å². The summed E-state index contributed by atoms with van der Waals surface area (Å²) in [5.74, 6) is 0.0782. The maximum Gasteiger partial charge on any atom is 0.234 e. The first kappa shape index (κ1) is 15.9. The van der Waals surface area contributed by atoms with Gasteiger partial charge in [-0.3, -0.25) is 14.6 Å². The van der Waals surface area contributed by atoms with Crippen molar-refractivity contribution >= 4 is 5.91 Å². The molecule has 1 saturated heterocycles. The van der Waals surface area contributed by atoms with Crippen molar-refractivity contribution < 1.29 is 9.90 Å². The molecule has 0 atom stereocenters. The molecule has 1 amide bonds. The van der Waals surface area contributed by atoms with Gasteiger partial charge < -0.3 is 10.4 Å². The number of benzene rings is 1. The third-order valence-electron chi connectivity index (χ3n) is 3.80. The van der Waals surface area contributed by atoms with Gasteiger partial charge in [-0.1, -0.05) is 30.3 Å². The van der Waals surface area contributed by atoms with Gasteiger partial charge in [0.1, 0.15) is 0 Å². The molecular formula is C16H25N3O2. The Hall–Kier alpha value is -1.43. The topological polar surface area (TPSA) is 55.8 Å². The summed E-state index contributed by atoms with van der Waals surface area (Å²) in [7, 11) is 0. The van der Waals surface area contributed by atoms with Crippen LogP contribution in [0.4, 0.5) is 0 Å². The number of carbonyl (C=O) groups is 1. The molecule has 1 aliphatic heterocycles. The number of nitrogens with one attached hydrogen (secondary N) is 1. The van der Waals surface area contributed by atoms with Crippen LogP contribution in [0, 0.1) is 0 Å². The second kappa shape index (κ2) is 8.77. The Morgan fingerprint density at radius 3 is 2.57 bits per heavy atom. The monoisotopic (exact) mass is 291 g/mol. The highest BCUT2D eigenvalue weighted by atomic mass is 16.3. The van der Waals surface area contributed by atoms with Crippen LogP contribution in [0.15, 0.2) is 30.3 Å². The molecule has 21 heavy (non-hydrogen) atoms. The molecule has 2 rings (SSSR count). The standard InChI is InChI=1S/C16H25N3O2/c20-12-11-18-7-4-8-19(10-9-18)14-16(21)17-13-15-5-2-1-3-6-15/h1-3,5-6,20H,4,7-14H2,(H,17,21). The summed E-state index contributed by atoms with van der Waals surface area (Å²) in [6.07, 6.45) is 1.05. The molecule has 0 bridgehead atoms. The first-order valence-electron chi connectivity index (χ1n) is 7.64. The van der Waals surface area contributed by atoms with Crippen LogP contribution >= 0.6 is 0 Å². The molecule has 2 N–H and O–H groups in total. The van der Waals surface area contributed by atoms with Crippen molar-refractivity contribution in [1.29, 1.82) is 0 Å². The predicted octanol–water partition coefficient (Wildman–Crippen LogP) is 0.303. The lowest BCUT2D eigenvalue weighted by atomic mass is 10.2. The van der Waals surface area contributed by atoms with Gasteiger partial charge in [0, 0.05) is 26.2 Å². The van der Waals surface area contributed by atoms with E-state index >= 15 is 0 Å². The molecule has 1 aromatic carbocycles. The van der Waals surface area contributed by atoms with Crippen LogP contribution in [-0.4, -0.2) is 66.7 Å². The number of aliphatic hydroxyl groups excluding tert-OH is 1. The number of rotatable bonds is 6. The van der Waals surface area contributed by atoms with Crippen LogP contribution in [0.3, 0.4) is 0 Å². The Labute approximate surface area is 126 Å². The Morgan fingerprint density at radius 2 is 1.81 bits per heavy atom. The van der Waals surface area contributed by atoms with E-state index in [0.29, 0.717) is 13.1 Å². The van der Waals surface area contributed by atoms with Gasteiger partial charge in [-0.25, -0.2) is 0 Å². The molecule has 0 aromatic heterocycles. The van der Waals surface area contributed by atoms with Gasteiger partial charge in [0.2, 0.25) is 5.91 Å². The first-order chi connectivity index (χ1) is 10.3. The lowest BCUT2D eigenvalue weighted by Crippen LogP contribution is -2.39. The summed E-state index contributed by atoms with van der Waals surface area (Å²) in [6.45, 7) is 5.74. The van der Waals surface area contributed by atoms with Crippen LogP contribution in [0.25, 0.3) is 0 Å². The Balaban J connectivity index is 1.70. The van der Waals surface area contributed by atoms with Gasteiger partial charge in [0.05, 0.1) is 13.2 Å². The maximum atomic E-state index is 12.0. The highest BCUT2D eigenvalue weighted by molar-refractivity contribution is 5.78. The summed E-state index contributed by atoms with van der Waals surface area (Å²) in [5.41, 5.74) is 1.12. The minimum Gasteiger partial charge on any atom is -0.395 e. The molecular weight excluding hydrogens is 266 g/mol. The number of hydrogen-bond donors (Lipinski definition) is 2. The van der Waals surface area contributed by atoms with Crippen molar-refractivity contribution in [2.24, 2.45) is 0 Å². The van der Waals surface area contributed by atoms with Crippen LogP contribution < -0.4 is 5.32 Å². The number of hydrogen-bond acceptors (Lipinski definition) is 4. The van der Waals surface area contributed by atoms with Gasteiger partial charge in [-0.2, -0.15) is 0 Å². The fourth-order valence-corrected chi connectivity index (χ4v) is 2.60. The average Bonchev–Trinajstić information content (AvgIpc) is 2.72. The number of nitrogens with zero attached hydrogens (tertiary/aromatic N) is 2. The number of aliphatic hydroxyl groups is 1. The third-order valence-corrected chi connectivity index (χ3v) is 3.80. The molecule has 0 radical (unpaired) electrons. The summed E-state index contributed by atoms with van der Waals surface area (Å²) < 4.78 is 0. The van der Waals surface area contributed by atoms with Gasteiger partial charge in [0.15, 0.2) is 0 Å². The van der Waals surface area contributed by atoms with Crippen LogP contribution in [0.2, 0.25) is 0 Å². The second-order valence-corrected chi connectivity index (χ2v) is 5.46. The summed E-state index contributed by atoms with van der Waals surface area (Å²) >= 11 is 0. The minimum absolute atomic E-state index is 0.0782. The van der Waals surface area contributed by atoms with Crippen molar-refractivity contribution in [2.45, 2.75) is 13.0 Å². The minimum atomic E-state index is 0.0782. The Bertz CT molecular complexity index is 425.